The lowest BCUT2D eigenvalue weighted by atomic mass is 9.94. The highest BCUT2D eigenvalue weighted by molar-refractivity contribution is 6.30. The first kappa shape index (κ1) is 11.6. The Morgan fingerprint density at radius 3 is 2.81 bits per heavy atom. The Hall–Kier alpha value is -0.840. The highest BCUT2D eigenvalue weighted by Crippen LogP contribution is 2.21. The van der Waals surface area contributed by atoms with E-state index in [1.54, 1.807) is 18.3 Å². The smallest absolute Gasteiger partial charge is 0.126 e. The summed E-state index contributed by atoms with van der Waals surface area (Å²) in [6, 6.07) is 3.57. The van der Waals surface area contributed by atoms with Crippen molar-refractivity contribution in [1.29, 1.82) is 0 Å². The molecule has 0 aromatic carbocycles. The predicted molar refractivity (Wildman–Crippen MR) is 62.7 cm³/mol. The van der Waals surface area contributed by atoms with Crippen LogP contribution in [0.2, 0.25) is 5.02 Å². The number of pyridine rings is 1. The number of aromatic nitrogens is 1. The summed E-state index contributed by atoms with van der Waals surface area (Å²) in [5.74, 6) is 0.726. The van der Waals surface area contributed by atoms with Gasteiger partial charge in [0.05, 0.1) is 10.6 Å². The lowest BCUT2D eigenvalue weighted by molar-refractivity contribution is -0.0543. The van der Waals surface area contributed by atoms with E-state index in [0.29, 0.717) is 37.6 Å². The normalized spacial score (nSPS) is 19.4. The van der Waals surface area contributed by atoms with Gasteiger partial charge < -0.3 is 15.2 Å². The average molecular weight is 243 g/mol. The number of hydrogen-bond acceptors (Lipinski definition) is 4. The third-order valence-corrected chi connectivity index (χ3v) is 2.97. The highest BCUT2D eigenvalue weighted by atomic mass is 35.5. The maximum atomic E-state index is 10.2. The molecule has 1 aliphatic rings. The minimum absolute atomic E-state index is 0.491. The van der Waals surface area contributed by atoms with E-state index in [4.69, 9.17) is 16.3 Å². The average Bonchev–Trinajstić information content (AvgIpc) is 2.29. The van der Waals surface area contributed by atoms with Gasteiger partial charge in [-0.1, -0.05) is 11.6 Å². The first-order valence-corrected chi connectivity index (χ1v) is 5.71. The standard InChI is InChI=1S/C11H15ClN2O2/c12-9-1-2-10(13-7-9)14-8-11(15)3-5-16-6-4-11/h1-2,7,15H,3-6,8H2,(H,13,14). The second kappa shape index (κ2) is 4.99. The van der Waals surface area contributed by atoms with Crippen LogP contribution in [0.3, 0.4) is 0 Å². The number of aliphatic hydroxyl groups is 1. The number of ether oxygens (including phenoxy) is 1. The minimum atomic E-state index is -0.681. The molecule has 88 valence electrons. The molecule has 2 rings (SSSR count). The van der Waals surface area contributed by atoms with E-state index in [1.165, 1.54) is 0 Å². The molecule has 1 saturated heterocycles. The quantitative estimate of drug-likeness (QED) is 0.847. The van der Waals surface area contributed by atoms with Crippen molar-refractivity contribution in [2.24, 2.45) is 0 Å². The third-order valence-electron chi connectivity index (χ3n) is 2.75. The molecule has 1 aliphatic heterocycles. The molecule has 1 fully saturated rings. The largest absolute Gasteiger partial charge is 0.388 e. The molecule has 0 radical (unpaired) electrons. The molecule has 1 aromatic heterocycles. The number of rotatable bonds is 3. The van der Waals surface area contributed by atoms with Gasteiger partial charge in [0.1, 0.15) is 5.82 Å². The Balaban J connectivity index is 1.88. The van der Waals surface area contributed by atoms with Crippen LogP contribution in [0.4, 0.5) is 5.82 Å². The van der Waals surface area contributed by atoms with Crippen molar-refractivity contribution in [1.82, 2.24) is 4.98 Å². The van der Waals surface area contributed by atoms with Gasteiger partial charge in [0.25, 0.3) is 0 Å². The summed E-state index contributed by atoms with van der Waals surface area (Å²) in [5, 5.41) is 13.9. The summed E-state index contributed by atoms with van der Waals surface area (Å²) in [6.07, 6.45) is 2.90. The van der Waals surface area contributed by atoms with Gasteiger partial charge in [0.15, 0.2) is 0 Å². The van der Waals surface area contributed by atoms with Crippen LogP contribution in [0.25, 0.3) is 0 Å². The molecule has 0 unspecified atom stereocenters. The third kappa shape index (κ3) is 3.07. The summed E-state index contributed by atoms with van der Waals surface area (Å²) in [5.41, 5.74) is -0.681. The number of nitrogens with zero attached hydrogens (tertiary/aromatic N) is 1. The van der Waals surface area contributed by atoms with Crippen molar-refractivity contribution in [3.05, 3.63) is 23.4 Å². The van der Waals surface area contributed by atoms with Crippen molar-refractivity contribution in [3.63, 3.8) is 0 Å². The number of anilines is 1. The zero-order valence-corrected chi connectivity index (χ0v) is 9.70. The van der Waals surface area contributed by atoms with Crippen molar-refractivity contribution in [2.75, 3.05) is 25.1 Å². The SMILES string of the molecule is OC1(CNc2ccc(Cl)cn2)CCOCC1. The molecule has 5 heteroatoms. The molecule has 4 nitrogen and oxygen atoms in total. The molecular weight excluding hydrogens is 228 g/mol. The van der Waals surface area contributed by atoms with Gasteiger partial charge in [-0.3, -0.25) is 0 Å². The summed E-state index contributed by atoms with van der Waals surface area (Å²) in [7, 11) is 0. The van der Waals surface area contributed by atoms with E-state index >= 15 is 0 Å². The fraction of sp³-hybridized carbons (Fsp3) is 0.545. The maximum Gasteiger partial charge on any atom is 0.126 e. The van der Waals surface area contributed by atoms with Crippen LogP contribution in [-0.4, -0.2) is 35.5 Å². The van der Waals surface area contributed by atoms with Gasteiger partial charge in [0.2, 0.25) is 0 Å². The number of halogens is 1. The number of hydrogen-bond donors (Lipinski definition) is 2. The van der Waals surface area contributed by atoms with E-state index in [1.807, 2.05) is 0 Å². The van der Waals surface area contributed by atoms with Crippen LogP contribution in [0.5, 0.6) is 0 Å². The Bertz CT molecular complexity index is 336. The lowest BCUT2D eigenvalue weighted by Crippen LogP contribution is -2.42. The van der Waals surface area contributed by atoms with Gasteiger partial charge in [0, 0.05) is 38.8 Å². The van der Waals surface area contributed by atoms with Crippen LogP contribution in [0, 0.1) is 0 Å². The van der Waals surface area contributed by atoms with Crippen molar-refractivity contribution in [2.45, 2.75) is 18.4 Å². The van der Waals surface area contributed by atoms with Crippen molar-refractivity contribution >= 4 is 17.4 Å². The fourth-order valence-electron chi connectivity index (χ4n) is 1.66. The predicted octanol–water partition coefficient (Wildman–Crippen LogP) is 1.69. The monoisotopic (exact) mass is 242 g/mol. The molecule has 0 aliphatic carbocycles. The van der Waals surface area contributed by atoms with E-state index in [9.17, 15) is 5.11 Å². The molecule has 0 saturated carbocycles. The molecule has 0 bridgehead atoms. The Morgan fingerprint density at radius 2 is 2.19 bits per heavy atom. The van der Waals surface area contributed by atoms with Crippen LogP contribution >= 0.6 is 11.6 Å². The Labute approximate surface area is 99.6 Å². The van der Waals surface area contributed by atoms with Crippen molar-refractivity contribution in [3.8, 4) is 0 Å². The van der Waals surface area contributed by atoms with Crippen LogP contribution in [0.15, 0.2) is 18.3 Å². The summed E-state index contributed by atoms with van der Waals surface area (Å²) in [4.78, 5) is 4.11. The summed E-state index contributed by atoms with van der Waals surface area (Å²) >= 11 is 5.73. The van der Waals surface area contributed by atoms with E-state index in [2.05, 4.69) is 10.3 Å². The molecule has 2 N–H and O–H groups in total. The van der Waals surface area contributed by atoms with Gasteiger partial charge in [-0.2, -0.15) is 0 Å². The molecule has 0 amide bonds. The molecular formula is C11H15ClN2O2. The first-order chi connectivity index (χ1) is 7.68. The lowest BCUT2D eigenvalue weighted by Gasteiger charge is -2.32. The van der Waals surface area contributed by atoms with Gasteiger partial charge in [-0.15, -0.1) is 0 Å². The van der Waals surface area contributed by atoms with Gasteiger partial charge in [-0.05, 0) is 12.1 Å². The summed E-state index contributed by atoms with van der Waals surface area (Å²) in [6.45, 7) is 1.73. The van der Waals surface area contributed by atoms with E-state index in [-0.39, 0.29) is 0 Å². The molecule has 0 spiro atoms. The van der Waals surface area contributed by atoms with Crippen LogP contribution in [0.1, 0.15) is 12.8 Å². The van der Waals surface area contributed by atoms with E-state index < -0.39 is 5.60 Å². The molecule has 2 heterocycles. The van der Waals surface area contributed by atoms with Crippen LogP contribution < -0.4 is 5.32 Å². The maximum absolute atomic E-state index is 10.2. The fourth-order valence-corrected chi connectivity index (χ4v) is 1.78. The highest BCUT2D eigenvalue weighted by Gasteiger charge is 2.29. The second-order valence-electron chi connectivity index (χ2n) is 4.05. The molecule has 0 atom stereocenters. The molecule has 1 aromatic rings. The number of nitrogens with one attached hydrogen (secondary N) is 1. The Morgan fingerprint density at radius 1 is 1.44 bits per heavy atom. The van der Waals surface area contributed by atoms with Gasteiger partial charge >= 0.3 is 0 Å². The zero-order chi connectivity index (χ0) is 11.4. The minimum Gasteiger partial charge on any atom is -0.388 e. The van der Waals surface area contributed by atoms with Gasteiger partial charge in [-0.25, -0.2) is 4.98 Å². The topological polar surface area (TPSA) is 54.4 Å². The summed E-state index contributed by atoms with van der Waals surface area (Å²) < 4.78 is 5.21. The molecule has 16 heavy (non-hydrogen) atoms. The Kier molecular flexibility index (Phi) is 3.63. The van der Waals surface area contributed by atoms with Crippen molar-refractivity contribution < 1.29 is 9.84 Å². The second-order valence-corrected chi connectivity index (χ2v) is 4.49. The first-order valence-electron chi connectivity index (χ1n) is 5.34. The van der Waals surface area contributed by atoms with Crippen LogP contribution in [-0.2, 0) is 4.74 Å². The zero-order valence-electron chi connectivity index (χ0n) is 8.95. The van der Waals surface area contributed by atoms with E-state index in [0.717, 1.165) is 5.82 Å².